The molecule has 22 heavy (non-hydrogen) atoms. The first-order valence-electron chi connectivity index (χ1n) is 8.47. The number of carbonyl (C=O) groups excluding carboxylic acids is 1. The molecule has 3 heteroatoms. The van der Waals surface area contributed by atoms with Crippen LogP contribution in [-0.2, 0) is 9.22 Å². The fourth-order valence-corrected chi connectivity index (χ4v) is 5.86. The highest BCUT2D eigenvalue weighted by Gasteiger charge is 2.70. The van der Waals surface area contributed by atoms with Gasteiger partial charge in [0.25, 0.3) is 0 Å². The molecular formula is C19H30O2Si. The van der Waals surface area contributed by atoms with Crippen LogP contribution in [0, 0.1) is 16.2 Å². The Morgan fingerprint density at radius 3 is 2.41 bits per heavy atom. The molecule has 3 rings (SSSR count). The SMILES string of the molecule is CC(C)(C)[Si](C)(C)OC1C[C@@]23C=C[C@]1(C)[C@@]2(C)C=CC(=O)C3. The lowest BCUT2D eigenvalue weighted by molar-refractivity contribution is -0.118. The summed E-state index contributed by atoms with van der Waals surface area (Å²) in [7, 11) is -1.81. The zero-order valence-electron chi connectivity index (χ0n) is 15.1. The van der Waals surface area contributed by atoms with Crippen molar-refractivity contribution in [2.24, 2.45) is 16.2 Å². The van der Waals surface area contributed by atoms with Crippen LogP contribution in [0.15, 0.2) is 24.3 Å². The Morgan fingerprint density at radius 1 is 1.18 bits per heavy atom. The number of hydrogen-bond donors (Lipinski definition) is 0. The van der Waals surface area contributed by atoms with Gasteiger partial charge in [-0.2, -0.15) is 0 Å². The lowest BCUT2D eigenvalue weighted by atomic mass is 9.58. The van der Waals surface area contributed by atoms with Crippen molar-refractivity contribution in [3.8, 4) is 0 Å². The highest BCUT2D eigenvalue weighted by molar-refractivity contribution is 6.74. The molecule has 0 aromatic carbocycles. The first kappa shape index (κ1) is 16.2. The van der Waals surface area contributed by atoms with Crippen LogP contribution in [0.5, 0.6) is 0 Å². The zero-order chi connectivity index (χ0) is 16.6. The molecule has 1 fully saturated rings. The summed E-state index contributed by atoms with van der Waals surface area (Å²) in [4.78, 5) is 12.0. The van der Waals surface area contributed by atoms with Crippen molar-refractivity contribution in [3.63, 3.8) is 0 Å². The van der Waals surface area contributed by atoms with Gasteiger partial charge in [0, 0.05) is 22.7 Å². The zero-order valence-corrected chi connectivity index (χ0v) is 16.1. The van der Waals surface area contributed by atoms with Gasteiger partial charge in [-0.25, -0.2) is 0 Å². The summed E-state index contributed by atoms with van der Waals surface area (Å²) in [5.74, 6) is 0.263. The summed E-state index contributed by atoms with van der Waals surface area (Å²) in [6.07, 6.45) is 10.5. The van der Waals surface area contributed by atoms with Crippen molar-refractivity contribution in [2.45, 2.75) is 71.7 Å². The van der Waals surface area contributed by atoms with E-state index in [-0.39, 0.29) is 33.2 Å². The lowest BCUT2D eigenvalue weighted by Gasteiger charge is -2.46. The first-order valence-corrected chi connectivity index (χ1v) is 11.4. The van der Waals surface area contributed by atoms with Crippen molar-refractivity contribution in [2.75, 3.05) is 0 Å². The van der Waals surface area contributed by atoms with Gasteiger partial charge in [0.15, 0.2) is 14.1 Å². The number of ketones is 1. The second-order valence-corrected chi connectivity index (χ2v) is 14.3. The summed E-state index contributed by atoms with van der Waals surface area (Å²) in [6.45, 7) is 16.2. The topological polar surface area (TPSA) is 26.3 Å². The van der Waals surface area contributed by atoms with Crippen molar-refractivity contribution in [3.05, 3.63) is 24.3 Å². The molecule has 0 spiro atoms. The molecule has 0 radical (unpaired) electrons. The van der Waals surface area contributed by atoms with Crippen molar-refractivity contribution >= 4 is 14.1 Å². The Balaban J connectivity index is 1.98. The third-order valence-corrected chi connectivity index (χ3v) is 11.9. The van der Waals surface area contributed by atoms with E-state index in [1.807, 2.05) is 0 Å². The third kappa shape index (κ3) is 1.78. The minimum Gasteiger partial charge on any atom is -0.413 e. The molecule has 2 nitrogen and oxygen atoms in total. The predicted octanol–water partition coefficient (Wildman–Crippen LogP) is 4.88. The average Bonchev–Trinajstić information content (AvgIpc) is 2.68. The molecule has 3 aliphatic carbocycles. The van der Waals surface area contributed by atoms with E-state index in [0.29, 0.717) is 6.42 Å². The molecule has 2 bridgehead atoms. The standard InChI is InChI=1S/C19H30O2Si/c1-16(2,3)22(6,7)21-15-13-19-11-10-17(15,4)18(19,5)9-8-14(20)12-19/h8-11,15H,12-13H2,1-7H3/t15?,17-,18+,19-/m0/s1. The molecule has 0 aliphatic heterocycles. The van der Waals surface area contributed by atoms with Crippen LogP contribution < -0.4 is 0 Å². The van der Waals surface area contributed by atoms with Gasteiger partial charge >= 0.3 is 0 Å². The molecule has 0 aromatic heterocycles. The minimum absolute atomic E-state index is 0.000278. The van der Waals surface area contributed by atoms with E-state index in [4.69, 9.17) is 4.43 Å². The normalized spacial score (nSPS) is 43.8. The van der Waals surface area contributed by atoms with E-state index in [9.17, 15) is 4.79 Å². The molecule has 0 heterocycles. The third-order valence-electron chi connectivity index (χ3n) is 7.46. The second kappa shape index (κ2) is 4.24. The van der Waals surface area contributed by atoms with Gasteiger partial charge in [0.05, 0.1) is 6.10 Å². The van der Waals surface area contributed by atoms with Gasteiger partial charge in [-0.15, -0.1) is 0 Å². The van der Waals surface area contributed by atoms with Crippen LogP contribution in [0.2, 0.25) is 18.1 Å². The van der Waals surface area contributed by atoms with Gasteiger partial charge in [0.1, 0.15) is 0 Å². The number of rotatable bonds is 2. The molecule has 1 saturated carbocycles. The van der Waals surface area contributed by atoms with Crippen molar-refractivity contribution in [1.82, 2.24) is 0 Å². The van der Waals surface area contributed by atoms with E-state index in [1.54, 1.807) is 6.08 Å². The van der Waals surface area contributed by atoms with E-state index < -0.39 is 8.32 Å². The highest BCUT2D eigenvalue weighted by atomic mass is 28.4. The Hall–Kier alpha value is -0.673. The molecule has 4 atom stereocenters. The molecule has 0 amide bonds. The van der Waals surface area contributed by atoms with Gasteiger partial charge in [0.2, 0.25) is 0 Å². The fraction of sp³-hybridized carbons (Fsp3) is 0.737. The maximum Gasteiger partial charge on any atom is 0.192 e. The van der Waals surface area contributed by atoms with Crippen LogP contribution in [0.1, 0.15) is 47.5 Å². The molecule has 122 valence electrons. The molecule has 0 aromatic rings. The molecular weight excluding hydrogens is 288 g/mol. The largest absolute Gasteiger partial charge is 0.413 e. The average molecular weight is 319 g/mol. The van der Waals surface area contributed by atoms with E-state index in [1.165, 1.54) is 0 Å². The van der Waals surface area contributed by atoms with Gasteiger partial charge in [-0.1, -0.05) is 52.8 Å². The molecule has 3 aliphatic rings. The molecule has 1 unspecified atom stereocenters. The molecule has 0 saturated heterocycles. The van der Waals surface area contributed by atoms with Crippen molar-refractivity contribution < 1.29 is 9.22 Å². The predicted molar refractivity (Wildman–Crippen MR) is 93.2 cm³/mol. The van der Waals surface area contributed by atoms with Gasteiger partial charge in [-0.05, 0) is 30.6 Å². The maximum absolute atomic E-state index is 12.0. The quantitative estimate of drug-likeness (QED) is 0.536. The van der Waals surface area contributed by atoms with Gasteiger partial charge < -0.3 is 4.43 Å². The Morgan fingerprint density at radius 2 is 1.82 bits per heavy atom. The highest BCUT2D eigenvalue weighted by Crippen LogP contribution is 2.72. The van der Waals surface area contributed by atoms with Crippen molar-refractivity contribution in [1.29, 1.82) is 0 Å². The van der Waals surface area contributed by atoms with Crippen LogP contribution in [0.25, 0.3) is 0 Å². The van der Waals surface area contributed by atoms with Crippen LogP contribution in [0.3, 0.4) is 0 Å². The number of carbonyl (C=O) groups is 1. The van der Waals surface area contributed by atoms with Crippen LogP contribution in [-0.4, -0.2) is 20.2 Å². The molecule has 0 N–H and O–H groups in total. The van der Waals surface area contributed by atoms with E-state index >= 15 is 0 Å². The monoisotopic (exact) mass is 318 g/mol. The van der Waals surface area contributed by atoms with Crippen LogP contribution >= 0.6 is 0 Å². The Labute approximate surface area is 136 Å². The minimum atomic E-state index is -1.81. The summed E-state index contributed by atoms with van der Waals surface area (Å²) in [6, 6.07) is 0. The van der Waals surface area contributed by atoms with E-state index in [2.05, 4.69) is 65.9 Å². The van der Waals surface area contributed by atoms with Crippen LogP contribution in [0.4, 0.5) is 0 Å². The first-order chi connectivity index (χ1) is 9.87. The lowest BCUT2D eigenvalue weighted by Crippen LogP contribution is -2.48. The summed E-state index contributed by atoms with van der Waals surface area (Å²) < 4.78 is 6.83. The smallest absolute Gasteiger partial charge is 0.192 e. The fourth-order valence-electron chi connectivity index (χ4n) is 4.47. The number of allylic oxidation sites excluding steroid dienone is 3. The van der Waals surface area contributed by atoms with E-state index in [0.717, 1.165) is 6.42 Å². The summed E-state index contributed by atoms with van der Waals surface area (Å²) in [5.41, 5.74) is -0.0126. The summed E-state index contributed by atoms with van der Waals surface area (Å²) in [5, 5.41) is 0.213. The Kier molecular flexibility index (Phi) is 3.12. The summed E-state index contributed by atoms with van der Waals surface area (Å²) >= 11 is 0. The number of hydrogen-bond acceptors (Lipinski definition) is 2. The second-order valence-electron chi connectivity index (χ2n) is 9.52. The van der Waals surface area contributed by atoms with Gasteiger partial charge in [-0.3, -0.25) is 4.79 Å². The maximum atomic E-state index is 12.0. The Bertz CT molecular complexity index is 583.